The molecule has 27 heavy (non-hydrogen) atoms. The molecule has 1 heterocycles. The molecule has 0 aromatic heterocycles. The van der Waals surface area contributed by atoms with Crippen molar-refractivity contribution in [3.63, 3.8) is 0 Å². The Balaban J connectivity index is -0.0000000386. The summed E-state index contributed by atoms with van der Waals surface area (Å²) in [4.78, 5) is 5.19. The summed E-state index contributed by atoms with van der Waals surface area (Å²) in [6, 6.07) is 0. The number of aliphatic hydroxyl groups excluding tert-OH is 3. The number of hydrogen-bond donors (Lipinski definition) is 3. The minimum absolute atomic E-state index is 0. The van der Waals surface area contributed by atoms with E-state index in [0.29, 0.717) is 12.7 Å². The van der Waals surface area contributed by atoms with E-state index in [1.165, 1.54) is 7.11 Å². The molecule has 0 saturated carbocycles. The Hall–Kier alpha value is 2.35. The topological polar surface area (TPSA) is 101 Å². The SMILES string of the molecule is CCC(O)COC.CI.COCC(O)CO.COCC1CO1.[CH2-]I.[CH3-].[V].[V]. The molecule has 3 unspecified atom stereocenters. The Labute approximate surface area is 218 Å². The van der Waals surface area contributed by atoms with Crippen LogP contribution < -0.4 is 0 Å². The second kappa shape index (κ2) is 46.5. The number of hydrogen-bond acceptors (Lipinski definition) is 7. The molecule has 1 aliphatic rings. The van der Waals surface area contributed by atoms with E-state index in [-0.39, 0.29) is 63.9 Å². The fourth-order valence-electron chi connectivity index (χ4n) is 0.905. The summed E-state index contributed by atoms with van der Waals surface area (Å²) >= 11 is 4.05. The third-order valence-electron chi connectivity index (χ3n) is 2.16. The molecule has 1 rings (SSSR count). The molecular formula is C16H38I2O7V2-2. The van der Waals surface area contributed by atoms with Crippen molar-refractivity contribution in [2.75, 3.05) is 59.3 Å². The number of alkyl halides is 1. The standard InChI is InChI=1S/C5H12O2.C4H10O3.C4H8O2.CH3I.CH2I.CH3.2V/c1-3-5(6)4-7-2;1-7-3-4(6)2-5;1-5-2-4-3-6-4;2*1-2;;;/h5-6H,3-4H2,1-2H3;4-6H,2-3H2,1H3;4H,2-3H2,1H3;1H3;1H2;1H3;;/q;;;;2*-1;;. The number of rotatable bonds is 8. The van der Waals surface area contributed by atoms with Crippen LogP contribution in [0.25, 0.3) is 0 Å². The Bertz CT molecular complexity index is 186. The van der Waals surface area contributed by atoms with E-state index in [1.54, 1.807) is 14.2 Å². The van der Waals surface area contributed by atoms with Crippen LogP contribution in [-0.4, -0.2) is 92.9 Å². The average molecular weight is 698 g/mol. The van der Waals surface area contributed by atoms with Gasteiger partial charge in [0.1, 0.15) is 12.2 Å². The molecular weight excluding hydrogens is 660 g/mol. The number of halogens is 2. The monoisotopic (exact) mass is 698 g/mol. The first kappa shape index (κ1) is 47.2. The van der Waals surface area contributed by atoms with Crippen molar-refractivity contribution in [3.8, 4) is 0 Å². The van der Waals surface area contributed by atoms with Crippen LogP contribution in [0.3, 0.4) is 0 Å². The largest absolute Gasteiger partial charge is 0.394 e. The fraction of sp³-hybridized carbons (Fsp3) is 0.875. The first-order chi connectivity index (χ1) is 11.5. The minimum Gasteiger partial charge on any atom is -0.394 e. The van der Waals surface area contributed by atoms with E-state index in [4.69, 9.17) is 24.8 Å². The maximum absolute atomic E-state index is 8.73. The zero-order chi connectivity index (χ0) is 19.8. The third kappa shape index (κ3) is 58.5. The summed E-state index contributed by atoms with van der Waals surface area (Å²) < 4.78 is 18.7. The van der Waals surface area contributed by atoms with Gasteiger partial charge in [0.2, 0.25) is 0 Å². The van der Waals surface area contributed by atoms with Gasteiger partial charge in [-0.25, -0.2) is 0 Å². The normalized spacial score (nSPS) is 14.6. The van der Waals surface area contributed by atoms with Crippen molar-refractivity contribution >= 4 is 45.2 Å². The summed E-state index contributed by atoms with van der Waals surface area (Å²) in [5.74, 6) is 0. The molecule has 0 amide bonds. The van der Waals surface area contributed by atoms with Crippen LogP contribution in [-0.2, 0) is 56.1 Å². The Morgan fingerprint density at radius 2 is 1.37 bits per heavy atom. The van der Waals surface area contributed by atoms with Crippen LogP contribution in [0, 0.1) is 12.4 Å². The molecule has 1 fully saturated rings. The van der Waals surface area contributed by atoms with Gasteiger partial charge in [-0.3, -0.25) is 4.93 Å². The third-order valence-corrected chi connectivity index (χ3v) is 2.16. The van der Waals surface area contributed by atoms with Crippen LogP contribution in [0.1, 0.15) is 13.3 Å². The Morgan fingerprint density at radius 1 is 1.00 bits per heavy atom. The van der Waals surface area contributed by atoms with Crippen molar-refractivity contribution in [1.82, 2.24) is 0 Å². The Morgan fingerprint density at radius 3 is 1.48 bits per heavy atom. The summed E-state index contributed by atoms with van der Waals surface area (Å²) in [6.07, 6.45) is 0.207. The van der Waals surface area contributed by atoms with E-state index in [2.05, 4.69) is 37.0 Å². The van der Waals surface area contributed by atoms with Gasteiger partial charge < -0.3 is 64.3 Å². The number of methoxy groups -OCH3 is 3. The predicted molar refractivity (Wildman–Crippen MR) is 120 cm³/mol. The minimum atomic E-state index is -0.718. The second-order valence-corrected chi connectivity index (χ2v) is 4.22. The molecule has 1 saturated heterocycles. The van der Waals surface area contributed by atoms with Gasteiger partial charge in [-0.05, 0) is 11.4 Å². The quantitative estimate of drug-likeness (QED) is 0.155. The van der Waals surface area contributed by atoms with Crippen LogP contribution in [0.2, 0.25) is 0 Å². The second-order valence-electron chi connectivity index (χ2n) is 4.22. The molecule has 3 atom stereocenters. The van der Waals surface area contributed by atoms with Gasteiger partial charge in [-0.2, -0.15) is 0 Å². The summed E-state index contributed by atoms with van der Waals surface area (Å²) in [7, 11) is 4.74. The van der Waals surface area contributed by atoms with Crippen molar-refractivity contribution in [3.05, 3.63) is 12.4 Å². The zero-order valence-electron chi connectivity index (χ0n) is 17.3. The van der Waals surface area contributed by atoms with E-state index >= 15 is 0 Å². The number of aliphatic hydroxyl groups is 3. The van der Waals surface area contributed by atoms with Crippen molar-refractivity contribution in [1.29, 1.82) is 0 Å². The summed E-state index contributed by atoms with van der Waals surface area (Å²) in [5, 5.41) is 25.4. The van der Waals surface area contributed by atoms with Crippen LogP contribution in [0.15, 0.2) is 0 Å². The van der Waals surface area contributed by atoms with Gasteiger partial charge in [-0.1, -0.05) is 29.5 Å². The maximum atomic E-state index is 8.73. The maximum Gasteiger partial charge on any atom is 0.104 e. The molecule has 0 aromatic rings. The summed E-state index contributed by atoms with van der Waals surface area (Å²) in [5.41, 5.74) is 0. The van der Waals surface area contributed by atoms with Gasteiger partial charge in [0.05, 0.1) is 39.1 Å². The van der Waals surface area contributed by atoms with Gasteiger partial charge in [-0.15, -0.1) is 0 Å². The van der Waals surface area contributed by atoms with E-state index < -0.39 is 6.10 Å². The Kier molecular flexibility index (Phi) is 81.4. The van der Waals surface area contributed by atoms with Crippen molar-refractivity contribution < 1.29 is 71.4 Å². The smallest absolute Gasteiger partial charge is 0.104 e. The number of ether oxygens (including phenoxy) is 4. The molecule has 2 radical (unpaired) electrons. The van der Waals surface area contributed by atoms with Crippen LogP contribution >= 0.6 is 45.2 Å². The van der Waals surface area contributed by atoms with Gasteiger partial charge in [0, 0.05) is 58.4 Å². The molecule has 11 heteroatoms. The van der Waals surface area contributed by atoms with E-state index in [1.807, 2.05) is 34.4 Å². The first-order valence-electron chi connectivity index (χ1n) is 7.25. The molecule has 0 bridgehead atoms. The van der Waals surface area contributed by atoms with Gasteiger partial charge >= 0.3 is 0 Å². The van der Waals surface area contributed by atoms with Gasteiger partial charge in [0.15, 0.2) is 0 Å². The number of epoxide rings is 1. The van der Waals surface area contributed by atoms with E-state index in [9.17, 15) is 0 Å². The molecule has 0 aromatic carbocycles. The molecule has 0 aliphatic carbocycles. The van der Waals surface area contributed by atoms with Crippen molar-refractivity contribution in [2.45, 2.75) is 31.7 Å². The molecule has 170 valence electrons. The molecule has 0 spiro atoms. The predicted octanol–water partition coefficient (Wildman–Crippen LogP) is 2.13. The fourth-order valence-corrected chi connectivity index (χ4v) is 0.905. The first-order valence-corrected chi connectivity index (χ1v) is 10.9. The molecule has 1 aliphatic heterocycles. The van der Waals surface area contributed by atoms with Gasteiger partial charge in [0.25, 0.3) is 0 Å². The van der Waals surface area contributed by atoms with Crippen molar-refractivity contribution in [2.24, 2.45) is 0 Å². The van der Waals surface area contributed by atoms with Crippen LogP contribution in [0.4, 0.5) is 0 Å². The average Bonchev–Trinajstić information content (AvgIpc) is 3.44. The molecule has 7 nitrogen and oxygen atoms in total. The van der Waals surface area contributed by atoms with E-state index in [0.717, 1.165) is 19.6 Å². The molecule has 3 N–H and O–H groups in total. The van der Waals surface area contributed by atoms with Crippen LogP contribution in [0.5, 0.6) is 0 Å². The summed E-state index contributed by atoms with van der Waals surface area (Å²) in [6.45, 7) is 4.01. The zero-order valence-corrected chi connectivity index (χ0v) is 24.4.